The van der Waals surface area contributed by atoms with Gasteiger partial charge in [-0.2, -0.15) is 5.10 Å². The molecule has 4 aromatic rings. The van der Waals surface area contributed by atoms with E-state index in [0.717, 1.165) is 26.7 Å². The molecule has 0 spiro atoms. The van der Waals surface area contributed by atoms with Gasteiger partial charge in [-0.15, -0.1) is 0 Å². The number of nitrogens with one attached hydrogen (secondary N) is 1. The summed E-state index contributed by atoms with van der Waals surface area (Å²) < 4.78 is 0.854. The minimum atomic E-state index is -1.06. The number of carbonyl (C=O) groups is 3. The van der Waals surface area contributed by atoms with E-state index in [4.69, 9.17) is 11.6 Å². The summed E-state index contributed by atoms with van der Waals surface area (Å²) in [6.07, 6.45) is 1.65. The molecule has 1 N–H and O–H groups in total. The lowest BCUT2D eigenvalue weighted by molar-refractivity contribution is -0.122. The Morgan fingerprint density at radius 2 is 1.45 bits per heavy atom. The van der Waals surface area contributed by atoms with E-state index in [0.29, 0.717) is 16.3 Å². The average Bonchev–Trinajstić information content (AvgIpc) is 3.24. The Morgan fingerprint density at radius 1 is 0.850 bits per heavy atom. The molecule has 1 saturated heterocycles. The number of rotatable bonds is 4. The first-order chi connectivity index (χ1) is 19.4. The fraction of sp³-hybridized carbons (Fsp3) is 0.125. The Hall–Kier alpha value is -4.07. The number of anilines is 1. The Bertz CT molecular complexity index is 1690. The molecule has 3 aliphatic carbocycles. The summed E-state index contributed by atoms with van der Waals surface area (Å²) in [5.74, 6) is -2.52. The third-order valence-corrected chi connectivity index (χ3v) is 9.09. The number of hydrazone groups is 1. The molecule has 2 atom stereocenters. The van der Waals surface area contributed by atoms with Gasteiger partial charge < -0.3 is 0 Å². The molecule has 40 heavy (non-hydrogen) atoms. The van der Waals surface area contributed by atoms with Crippen LogP contribution < -0.4 is 10.3 Å². The Balaban J connectivity index is 1.39. The molecular formula is C32H21BrClN3O3. The van der Waals surface area contributed by atoms with Crippen molar-refractivity contribution in [1.29, 1.82) is 0 Å². The van der Waals surface area contributed by atoms with E-state index in [9.17, 15) is 14.4 Å². The van der Waals surface area contributed by atoms with Crippen molar-refractivity contribution < 1.29 is 14.4 Å². The summed E-state index contributed by atoms with van der Waals surface area (Å²) in [6, 6.07) is 29.5. The van der Waals surface area contributed by atoms with Crippen LogP contribution in [-0.2, 0) is 15.0 Å². The van der Waals surface area contributed by atoms with Gasteiger partial charge >= 0.3 is 0 Å². The van der Waals surface area contributed by atoms with Crippen molar-refractivity contribution in [2.24, 2.45) is 16.9 Å². The lowest BCUT2D eigenvalue weighted by Crippen LogP contribution is -2.54. The molecule has 2 bridgehead atoms. The van der Waals surface area contributed by atoms with Gasteiger partial charge in [0.15, 0.2) is 0 Å². The molecule has 196 valence electrons. The first-order valence-electron chi connectivity index (χ1n) is 12.8. The zero-order valence-corrected chi connectivity index (χ0v) is 23.3. The summed E-state index contributed by atoms with van der Waals surface area (Å²) in [5.41, 5.74) is 6.34. The molecule has 6 nitrogen and oxygen atoms in total. The van der Waals surface area contributed by atoms with Crippen LogP contribution >= 0.6 is 27.5 Å². The van der Waals surface area contributed by atoms with Crippen LogP contribution in [0.5, 0.6) is 0 Å². The zero-order chi connectivity index (χ0) is 27.6. The van der Waals surface area contributed by atoms with Crippen LogP contribution in [0.25, 0.3) is 0 Å². The number of carbonyl (C=O) groups excluding carboxylic acids is 3. The van der Waals surface area contributed by atoms with Gasteiger partial charge in [-0.05, 0) is 70.8 Å². The van der Waals surface area contributed by atoms with Gasteiger partial charge in [0.05, 0.1) is 22.9 Å². The average molecular weight is 611 g/mol. The number of imide groups is 1. The molecule has 0 unspecified atom stereocenters. The fourth-order valence-electron chi connectivity index (χ4n) is 6.75. The third-order valence-electron chi connectivity index (χ3n) is 8.31. The Morgan fingerprint density at radius 3 is 2.08 bits per heavy atom. The molecule has 4 aliphatic rings. The topological polar surface area (TPSA) is 78.8 Å². The highest BCUT2D eigenvalue weighted by Crippen LogP contribution is 2.63. The van der Waals surface area contributed by atoms with Gasteiger partial charge in [-0.3, -0.25) is 14.4 Å². The fourth-order valence-corrected chi connectivity index (χ4v) is 7.14. The Labute approximate surface area is 243 Å². The monoisotopic (exact) mass is 609 g/mol. The Kier molecular flexibility index (Phi) is 5.77. The second-order valence-electron chi connectivity index (χ2n) is 10.2. The second-order valence-corrected chi connectivity index (χ2v) is 11.6. The number of hydrogen-bond acceptors (Lipinski definition) is 4. The van der Waals surface area contributed by atoms with Crippen LogP contribution in [0.2, 0.25) is 5.02 Å². The van der Waals surface area contributed by atoms with Crippen molar-refractivity contribution in [1.82, 2.24) is 5.43 Å². The SMILES string of the molecule is O=C(N/N=C\C12c3ccccc3C(c3ccccc31)[C@@H]1C(=O)N(c3ccc(Br)cc3)C(=O)[C@H]12)c1ccc(Cl)cc1. The van der Waals surface area contributed by atoms with Gasteiger partial charge in [-0.25, -0.2) is 10.3 Å². The van der Waals surface area contributed by atoms with Crippen molar-refractivity contribution in [3.05, 3.63) is 134 Å². The molecule has 1 aliphatic heterocycles. The largest absolute Gasteiger partial charge is 0.274 e. The predicted molar refractivity (Wildman–Crippen MR) is 157 cm³/mol. The van der Waals surface area contributed by atoms with E-state index in [-0.39, 0.29) is 17.7 Å². The maximum absolute atomic E-state index is 14.3. The molecule has 8 rings (SSSR count). The molecule has 1 fully saturated rings. The lowest BCUT2D eigenvalue weighted by Gasteiger charge is -2.52. The second kappa shape index (κ2) is 9.25. The van der Waals surface area contributed by atoms with Crippen LogP contribution in [0.1, 0.15) is 38.5 Å². The van der Waals surface area contributed by atoms with Crippen LogP contribution in [0.3, 0.4) is 0 Å². The number of benzene rings is 4. The smallest absolute Gasteiger partial charge is 0.271 e. The molecule has 4 aromatic carbocycles. The van der Waals surface area contributed by atoms with E-state index in [1.54, 1.807) is 42.6 Å². The van der Waals surface area contributed by atoms with E-state index < -0.39 is 23.2 Å². The molecule has 8 heteroatoms. The summed E-state index contributed by atoms with van der Waals surface area (Å²) in [4.78, 5) is 42.7. The molecule has 0 aromatic heterocycles. The predicted octanol–water partition coefficient (Wildman–Crippen LogP) is 6.07. The van der Waals surface area contributed by atoms with Crippen molar-refractivity contribution in [2.45, 2.75) is 11.3 Å². The molecule has 3 amide bonds. The summed E-state index contributed by atoms with van der Waals surface area (Å²) >= 11 is 9.41. The molecule has 0 radical (unpaired) electrons. The third kappa shape index (κ3) is 3.47. The highest BCUT2D eigenvalue weighted by molar-refractivity contribution is 9.10. The van der Waals surface area contributed by atoms with E-state index in [2.05, 4.69) is 26.5 Å². The quantitative estimate of drug-likeness (QED) is 0.173. The number of halogens is 2. The summed E-state index contributed by atoms with van der Waals surface area (Å²) in [7, 11) is 0. The normalized spacial score (nSPS) is 24.1. The van der Waals surface area contributed by atoms with Crippen molar-refractivity contribution in [2.75, 3.05) is 4.90 Å². The van der Waals surface area contributed by atoms with Gasteiger partial charge in [0, 0.05) is 27.2 Å². The van der Waals surface area contributed by atoms with Crippen molar-refractivity contribution in [3.8, 4) is 0 Å². The van der Waals surface area contributed by atoms with Gasteiger partial charge in [0.25, 0.3) is 5.91 Å². The van der Waals surface area contributed by atoms with Gasteiger partial charge in [0.2, 0.25) is 11.8 Å². The molecule has 1 heterocycles. The zero-order valence-electron chi connectivity index (χ0n) is 20.9. The van der Waals surface area contributed by atoms with E-state index in [1.807, 2.05) is 60.7 Å². The molecular weight excluding hydrogens is 590 g/mol. The van der Waals surface area contributed by atoms with E-state index >= 15 is 0 Å². The van der Waals surface area contributed by atoms with Gasteiger partial charge in [0.1, 0.15) is 0 Å². The number of nitrogens with zero attached hydrogens (tertiary/aromatic N) is 2. The highest BCUT2D eigenvalue weighted by atomic mass is 79.9. The maximum Gasteiger partial charge on any atom is 0.271 e. The van der Waals surface area contributed by atoms with Crippen LogP contribution in [0.4, 0.5) is 5.69 Å². The molecule has 0 saturated carbocycles. The van der Waals surface area contributed by atoms with Crippen LogP contribution in [-0.4, -0.2) is 23.9 Å². The van der Waals surface area contributed by atoms with Crippen LogP contribution in [0.15, 0.2) is 107 Å². The number of hydrogen-bond donors (Lipinski definition) is 1. The minimum Gasteiger partial charge on any atom is -0.274 e. The highest BCUT2D eigenvalue weighted by Gasteiger charge is 2.68. The first kappa shape index (κ1) is 24.9. The standard InChI is InChI=1S/C32H21BrClN3O3/c33-19-11-15-21(16-12-19)37-30(39)27-26-22-5-1-3-7-24(22)32(28(27)31(37)40,25-8-4-2-6-23(25)26)17-35-36-29(38)18-9-13-20(34)14-10-18/h1-17,26-28H,(H,36,38)/b35-17-/t26?,27-,28-,32?/m0/s1. The summed E-state index contributed by atoms with van der Waals surface area (Å²) in [6.45, 7) is 0. The van der Waals surface area contributed by atoms with Crippen molar-refractivity contribution in [3.63, 3.8) is 0 Å². The summed E-state index contributed by atoms with van der Waals surface area (Å²) in [5, 5.41) is 4.97. The van der Waals surface area contributed by atoms with E-state index in [1.165, 1.54) is 4.90 Å². The van der Waals surface area contributed by atoms with Crippen molar-refractivity contribution >= 4 is 57.2 Å². The first-order valence-corrected chi connectivity index (χ1v) is 14.0. The minimum absolute atomic E-state index is 0.227. The van der Waals surface area contributed by atoms with Crippen LogP contribution in [0, 0.1) is 11.8 Å². The maximum atomic E-state index is 14.3. The van der Waals surface area contributed by atoms with Gasteiger partial charge in [-0.1, -0.05) is 76.1 Å². The lowest BCUT2D eigenvalue weighted by atomic mass is 9.47. The number of amides is 3.